The second-order valence-electron chi connectivity index (χ2n) is 3.49. The molecule has 6 heteroatoms. The molecule has 0 atom stereocenters. The van der Waals surface area contributed by atoms with Crippen molar-refractivity contribution in [1.82, 2.24) is 25.1 Å². The Labute approximate surface area is 81.7 Å². The van der Waals surface area contributed by atoms with E-state index in [2.05, 4.69) is 27.5 Å². The molecule has 5 nitrogen and oxygen atoms in total. The minimum atomic E-state index is 0.457. The van der Waals surface area contributed by atoms with Gasteiger partial charge in [-0.1, -0.05) is 10.3 Å². The summed E-state index contributed by atoms with van der Waals surface area (Å²) < 4.78 is 2.46. The van der Waals surface area contributed by atoms with Crippen LogP contribution >= 0.6 is 12.2 Å². The summed E-state index contributed by atoms with van der Waals surface area (Å²) in [6.45, 7) is 2.23. The molecule has 0 saturated carbocycles. The highest BCUT2D eigenvalue weighted by atomic mass is 32.1. The predicted molar refractivity (Wildman–Crippen MR) is 51.0 cm³/mol. The molecule has 2 rings (SSSR count). The summed E-state index contributed by atoms with van der Waals surface area (Å²) in [5.41, 5.74) is 0. The van der Waals surface area contributed by atoms with Crippen molar-refractivity contribution in [3.05, 3.63) is 4.77 Å². The van der Waals surface area contributed by atoms with Gasteiger partial charge in [0.25, 0.3) is 0 Å². The molecule has 0 radical (unpaired) electrons. The maximum Gasteiger partial charge on any atom is 0.238 e. The number of tetrazole rings is 1. The number of piperidine rings is 1. The summed E-state index contributed by atoms with van der Waals surface area (Å²) in [5.74, 6) is 0. The van der Waals surface area contributed by atoms with Crippen molar-refractivity contribution < 1.29 is 0 Å². The normalized spacial score (nSPS) is 20.7. The molecule has 1 aromatic heterocycles. The Morgan fingerprint density at radius 1 is 1.46 bits per heavy atom. The van der Waals surface area contributed by atoms with Crippen LogP contribution in [0.4, 0.5) is 0 Å². The van der Waals surface area contributed by atoms with Gasteiger partial charge in [0.1, 0.15) is 0 Å². The van der Waals surface area contributed by atoms with Gasteiger partial charge in [-0.2, -0.15) is 5.21 Å². The van der Waals surface area contributed by atoms with E-state index in [-0.39, 0.29) is 0 Å². The molecular weight excluding hydrogens is 186 g/mol. The van der Waals surface area contributed by atoms with Gasteiger partial charge >= 0.3 is 0 Å². The van der Waals surface area contributed by atoms with Crippen molar-refractivity contribution in [1.29, 1.82) is 0 Å². The summed E-state index contributed by atoms with van der Waals surface area (Å²) in [5, 5.41) is 10.3. The predicted octanol–water partition coefficient (Wildman–Crippen LogP) is 0.602. The molecular formula is C7H13N5S. The summed E-state index contributed by atoms with van der Waals surface area (Å²) in [6.07, 6.45) is 2.24. The zero-order valence-electron chi connectivity index (χ0n) is 7.60. The third-order valence-corrected chi connectivity index (χ3v) is 2.83. The van der Waals surface area contributed by atoms with E-state index in [9.17, 15) is 0 Å². The summed E-state index contributed by atoms with van der Waals surface area (Å²) in [4.78, 5) is 2.32. The van der Waals surface area contributed by atoms with Gasteiger partial charge in [-0.15, -0.1) is 0 Å². The topological polar surface area (TPSA) is 49.7 Å². The van der Waals surface area contributed by atoms with Crippen LogP contribution in [0.1, 0.15) is 18.9 Å². The molecule has 13 heavy (non-hydrogen) atoms. The zero-order valence-corrected chi connectivity index (χ0v) is 8.42. The van der Waals surface area contributed by atoms with E-state index < -0.39 is 0 Å². The van der Waals surface area contributed by atoms with E-state index >= 15 is 0 Å². The van der Waals surface area contributed by atoms with Crippen molar-refractivity contribution in [2.75, 3.05) is 20.1 Å². The van der Waals surface area contributed by atoms with E-state index in [0.717, 1.165) is 25.9 Å². The number of hydrogen-bond acceptors (Lipinski definition) is 4. The second kappa shape index (κ2) is 3.55. The summed E-state index contributed by atoms with van der Waals surface area (Å²) >= 11 is 5.04. The van der Waals surface area contributed by atoms with Gasteiger partial charge < -0.3 is 4.90 Å². The van der Waals surface area contributed by atoms with Gasteiger partial charge in [-0.25, -0.2) is 4.68 Å². The highest BCUT2D eigenvalue weighted by Gasteiger charge is 2.19. The van der Waals surface area contributed by atoms with Gasteiger partial charge in [0.2, 0.25) is 4.77 Å². The van der Waals surface area contributed by atoms with Gasteiger partial charge in [-0.3, -0.25) is 0 Å². The molecule has 0 aromatic carbocycles. The van der Waals surface area contributed by atoms with Crippen LogP contribution in [0, 0.1) is 4.77 Å². The first-order valence-electron chi connectivity index (χ1n) is 4.45. The lowest BCUT2D eigenvalue weighted by molar-refractivity contribution is 0.209. The average Bonchev–Trinajstić information content (AvgIpc) is 2.53. The first-order valence-corrected chi connectivity index (χ1v) is 4.86. The molecule has 0 spiro atoms. The number of likely N-dealkylation sites (tertiary alicyclic amines) is 1. The maximum atomic E-state index is 5.04. The molecule has 1 fully saturated rings. The van der Waals surface area contributed by atoms with E-state index in [1.54, 1.807) is 0 Å². The summed E-state index contributed by atoms with van der Waals surface area (Å²) in [6, 6.07) is 0.457. The Bertz CT molecular complexity index is 322. The molecule has 1 aliphatic heterocycles. The number of aromatic amines is 1. The van der Waals surface area contributed by atoms with Crippen LogP contribution in [0.2, 0.25) is 0 Å². The van der Waals surface area contributed by atoms with Crippen molar-refractivity contribution in [2.24, 2.45) is 0 Å². The lowest BCUT2D eigenvalue weighted by atomic mass is 10.1. The highest BCUT2D eigenvalue weighted by molar-refractivity contribution is 7.71. The van der Waals surface area contributed by atoms with Crippen molar-refractivity contribution in [3.63, 3.8) is 0 Å². The van der Waals surface area contributed by atoms with Crippen molar-refractivity contribution >= 4 is 12.2 Å². The first kappa shape index (κ1) is 8.83. The number of H-pyrrole nitrogens is 1. The number of aromatic nitrogens is 4. The molecule has 1 aliphatic rings. The maximum absolute atomic E-state index is 5.04. The molecule has 0 amide bonds. The number of nitrogens with zero attached hydrogens (tertiary/aromatic N) is 4. The lowest BCUT2D eigenvalue weighted by Gasteiger charge is -2.28. The van der Waals surface area contributed by atoms with Crippen LogP contribution in [0.25, 0.3) is 0 Å². The Balaban J connectivity index is 2.11. The van der Waals surface area contributed by atoms with Crippen LogP contribution in [0.15, 0.2) is 0 Å². The smallest absolute Gasteiger partial charge is 0.238 e. The fourth-order valence-corrected chi connectivity index (χ4v) is 1.93. The third kappa shape index (κ3) is 1.78. The monoisotopic (exact) mass is 199 g/mol. The third-order valence-electron chi connectivity index (χ3n) is 2.55. The average molecular weight is 199 g/mol. The zero-order chi connectivity index (χ0) is 9.26. The van der Waals surface area contributed by atoms with Crippen LogP contribution in [-0.4, -0.2) is 45.2 Å². The summed E-state index contributed by atoms with van der Waals surface area (Å²) in [7, 11) is 2.14. The van der Waals surface area contributed by atoms with Crippen LogP contribution < -0.4 is 0 Å². The van der Waals surface area contributed by atoms with E-state index in [4.69, 9.17) is 12.2 Å². The van der Waals surface area contributed by atoms with E-state index in [0.29, 0.717) is 10.8 Å². The number of hydrogen-bond donors (Lipinski definition) is 1. The van der Waals surface area contributed by atoms with Gasteiger partial charge in [-0.05, 0) is 45.2 Å². The SMILES string of the molecule is CN1CCC(n2[nH]nnc2=S)CC1. The number of rotatable bonds is 1. The van der Waals surface area contributed by atoms with Crippen molar-refractivity contribution in [2.45, 2.75) is 18.9 Å². The van der Waals surface area contributed by atoms with Gasteiger partial charge in [0.15, 0.2) is 0 Å². The molecule has 0 aliphatic carbocycles. The van der Waals surface area contributed by atoms with E-state index in [1.807, 2.05) is 4.68 Å². The van der Waals surface area contributed by atoms with E-state index in [1.165, 1.54) is 0 Å². The molecule has 1 N–H and O–H groups in total. The fourth-order valence-electron chi connectivity index (χ4n) is 1.70. The first-order chi connectivity index (χ1) is 6.27. The number of nitrogens with one attached hydrogen (secondary N) is 1. The van der Waals surface area contributed by atoms with Crippen LogP contribution in [-0.2, 0) is 0 Å². The molecule has 1 saturated heterocycles. The Morgan fingerprint density at radius 2 is 2.15 bits per heavy atom. The molecule has 0 unspecified atom stereocenters. The Hall–Kier alpha value is -0.750. The van der Waals surface area contributed by atoms with Crippen LogP contribution in [0.5, 0.6) is 0 Å². The minimum Gasteiger partial charge on any atom is -0.306 e. The molecule has 72 valence electrons. The second-order valence-corrected chi connectivity index (χ2v) is 3.85. The Kier molecular flexibility index (Phi) is 2.41. The molecule has 0 bridgehead atoms. The largest absolute Gasteiger partial charge is 0.306 e. The minimum absolute atomic E-state index is 0.457. The fraction of sp³-hybridized carbons (Fsp3) is 0.857. The van der Waals surface area contributed by atoms with Gasteiger partial charge in [0.05, 0.1) is 6.04 Å². The van der Waals surface area contributed by atoms with Crippen LogP contribution in [0.3, 0.4) is 0 Å². The quantitative estimate of drug-likeness (QED) is 0.673. The van der Waals surface area contributed by atoms with Gasteiger partial charge in [0, 0.05) is 0 Å². The Morgan fingerprint density at radius 3 is 2.69 bits per heavy atom. The van der Waals surface area contributed by atoms with Crippen molar-refractivity contribution in [3.8, 4) is 0 Å². The lowest BCUT2D eigenvalue weighted by Crippen LogP contribution is -2.31. The highest BCUT2D eigenvalue weighted by Crippen LogP contribution is 2.19. The standard InChI is InChI=1S/C7H13N5S/c1-11-4-2-6(3-5-11)12-7(13)8-9-10-12/h6H,2-5H2,1H3,(H,8,10,13). The molecule has 1 aromatic rings. The molecule has 2 heterocycles.